The van der Waals surface area contributed by atoms with E-state index in [-0.39, 0.29) is 5.28 Å². The molecule has 0 fully saturated rings. The van der Waals surface area contributed by atoms with Gasteiger partial charge >= 0.3 is 0 Å². The van der Waals surface area contributed by atoms with Gasteiger partial charge in [-0.3, -0.25) is 0 Å². The van der Waals surface area contributed by atoms with Gasteiger partial charge in [-0.15, -0.1) is 0 Å². The Balaban J connectivity index is 1.51. The number of aromatic nitrogens is 3. The molecule has 150 valence electrons. The van der Waals surface area contributed by atoms with Crippen LogP contribution in [0.25, 0.3) is 57.0 Å². The lowest BCUT2D eigenvalue weighted by Gasteiger charge is -2.08. The molecule has 0 saturated heterocycles. The summed E-state index contributed by atoms with van der Waals surface area (Å²) in [5, 5.41) is 1.09. The van der Waals surface area contributed by atoms with Gasteiger partial charge in [-0.05, 0) is 34.9 Å². The number of furan rings is 1. The molecule has 2 aromatic heterocycles. The van der Waals surface area contributed by atoms with Crippen LogP contribution in [0.15, 0.2) is 83.3 Å². The van der Waals surface area contributed by atoms with Crippen molar-refractivity contribution >= 4 is 34.7 Å². The monoisotopic (exact) mass is 432 g/mol. The highest BCUT2D eigenvalue weighted by Gasteiger charge is 2.24. The fraction of sp³-hybridized carbons (Fsp3) is 0. The topological polar surface area (TPSA) is 51.8 Å². The van der Waals surface area contributed by atoms with Gasteiger partial charge in [-0.2, -0.15) is 9.97 Å². The molecule has 4 nitrogen and oxygen atoms in total. The molecule has 32 heavy (non-hydrogen) atoms. The Kier molecular flexibility index (Phi) is 4.39. The van der Waals surface area contributed by atoms with Crippen molar-refractivity contribution in [3.8, 4) is 33.9 Å². The van der Waals surface area contributed by atoms with Crippen LogP contribution in [0.3, 0.4) is 0 Å². The molecular formula is C27H15ClN3O+. The van der Waals surface area contributed by atoms with E-state index in [4.69, 9.17) is 21.0 Å². The van der Waals surface area contributed by atoms with Crippen LogP contribution in [-0.2, 0) is 0 Å². The molecule has 3 aromatic carbocycles. The summed E-state index contributed by atoms with van der Waals surface area (Å²) < 4.78 is 5.99. The van der Waals surface area contributed by atoms with E-state index >= 15 is 0 Å². The largest absolute Gasteiger partial charge is 0.396 e. The van der Waals surface area contributed by atoms with E-state index in [1.165, 1.54) is 0 Å². The van der Waals surface area contributed by atoms with Crippen LogP contribution in [-0.4, -0.2) is 15.0 Å². The number of hydrogen-bond donors (Lipinski definition) is 0. The van der Waals surface area contributed by atoms with Gasteiger partial charge in [0, 0.05) is 17.2 Å². The Morgan fingerprint density at radius 3 is 2.44 bits per heavy atom. The molecule has 0 radical (unpaired) electrons. The number of fused-ring (bicyclic) bond motifs is 3. The summed E-state index contributed by atoms with van der Waals surface area (Å²) in [7, 11) is 0. The van der Waals surface area contributed by atoms with Crippen molar-refractivity contribution in [1.82, 2.24) is 15.0 Å². The first kappa shape index (κ1) is 18.6. The fourth-order valence-corrected chi connectivity index (χ4v) is 4.13. The van der Waals surface area contributed by atoms with Crippen molar-refractivity contribution in [2.24, 2.45) is 0 Å². The van der Waals surface area contributed by atoms with E-state index in [1.54, 1.807) is 0 Å². The minimum absolute atomic E-state index is 0.147. The smallest absolute Gasteiger partial charge is 0.250 e. The quantitative estimate of drug-likeness (QED) is 0.285. The van der Waals surface area contributed by atoms with Gasteiger partial charge in [0.2, 0.25) is 11.0 Å². The van der Waals surface area contributed by atoms with E-state index in [0.29, 0.717) is 11.6 Å². The molecule has 5 heteroatoms. The molecule has 0 bridgehead atoms. The van der Waals surface area contributed by atoms with Crippen LogP contribution in [0.4, 0.5) is 0 Å². The zero-order chi connectivity index (χ0) is 21.5. The second-order valence-electron chi connectivity index (χ2n) is 7.40. The highest BCUT2D eigenvalue weighted by atomic mass is 35.5. The number of halogens is 1. The molecule has 0 atom stereocenters. The number of nitrogens with zero attached hydrogens (tertiary/aromatic N) is 3. The molecule has 1 aliphatic rings. The molecule has 1 aliphatic carbocycles. The third kappa shape index (κ3) is 3.19. The third-order valence-corrected chi connectivity index (χ3v) is 5.59. The predicted molar refractivity (Wildman–Crippen MR) is 128 cm³/mol. The zero-order valence-corrected chi connectivity index (χ0v) is 17.5. The number of rotatable bonds is 3. The molecule has 0 N–H and O–H groups in total. The minimum atomic E-state index is 0.147. The molecule has 0 spiro atoms. The average molecular weight is 433 g/mol. The summed E-state index contributed by atoms with van der Waals surface area (Å²) in [4.78, 5) is 13.6. The summed E-state index contributed by atoms with van der Waals surface area (Å²) in [6.07, 6.45) is 8.75. The van der Waals surface area contributed by atoms with Crippen molar-refractivity contribution in [2.45, 2.75) is 0 Å². The summed E-state index contributed by atoms with van der Waals surface area (Å²) in [5.74, 6) is 1.80. The standard InChI is InChI=1S/C27H15ClN3O/c28-27-30-25(19-11-6-10-18(16-19)17-8-2-1-3-9-17)29-26(31-27)21-13-7-15-23-24(21)20-12-4-5-14-22(20)32-23/h1-4,6-16H/q+1. The van der Waals surface area contributed by atoms with Crippen LogP contribution in [0, 0.1) is 6.08 Å². The molecular weight excluding hydrogens is 418 g/mol. The number of allylic oxidation sites excluding steroid dienone is 2. The number of hydrogen-bond acceptors (Lipinski definition) is 4. The van der Waals surface area contributed by atoms with E-state index in [0.717, 1.165) is 44.5 Å². The Hall–Kier alpha value is -4.11. The maximum atomic E-state index is 6.36. The molecule has 0 aliphatic heterocycles. The maximum absolute atomic E-state index is 6.36. The fourth-order valence-electron chi connectivity index (χ4n) is 3.97. The highest BCUT2D eigenvalue weighted by Crippen LogP contribution is 2.37. The Bertz CT molecular complexity index is 1530. The van der Waals surface area contributed by atoms with Crippen LogP contribution < -0.4 is 0 Å². The van der Waals surface area contributed by atoms with Crippen molar-refractivity contribution in [2.75, 3.05) is 0 Å². The normalized spacial score (nSPS) is 12.0. The minimum Gasteiger partial charge on any atom is -0.396 e. The Morgan fingerprint density at radius 2 is 1.53 bits per heavy atom. The summed E-state index contributed by atoms with van der Waals surface area (Å²) in [6.45, 7) is 0. The highest BCUT2D eigenvalue weighted by molar-refractivity contribution is 6.28. The van der Waals surface area contributed by atoms with Crippen LogP contribution in [0.2, 0.25) is 5.28 Å². The van der Waals surface area contributed by atoms with Crippen LogP contribution in [0.5, 0.6) is 0 Å². The summed E-state index contributed by atoms with van der Waals surface area (Å²) in [5.41, 5.74) is 5.68. The van der Waals surface area contributed by atoms with Crippen molar-refractivity contribution in [3.63, 3.8) is 0 Å². The second kappa shape index (κ2) is 7.54. The van der Waals surface area contributed by atoms with E-state index in [2.05, 4.69) is 40.3 Å². The third-order valence-electron chi connectivity index (χ3n) is 5.42. The average Bonchev–Trinajstić information content (AvgIpc) is 3.23. The van der Waals surface area contributed by atoms with Gasteiger partial charge in [0.15, 0.2) is 17.2 Å². The zero-order valence-electron chi connectivity index (χ0n) is 16.8. The van der Waals surface area contributed by atoms with Crippen molar-refractivity contribution in [1.29, 1.82) is 0 Å². The first-order valence-electron chi connectivity index (χ1n) is 10.2. The van der Waals surface area contributed by atoms with Gasteiger partial charge in [-0.25, -0.2) is 4.98 Å². The lowest BCUT2D eigenvalue weighted by molar-refractivity contribution is 0.603. The van der Waals surface area contributed by atoms with Crippen LogP contribution >= 0.6 is 11.6 Å². The lowest BCUT2D eigenvalue weighted by Crippen LogP contribution is -1.98. The molecule has 0 amide bonds. The number of benzene rings is 3. The van der Waals surface area contributed by atoms with Gasteiger partial charge in [-0.1, -0.05) is 60.7 Å². The van der Waals surface area contributed by atoms with Gasteiger partial charge in [0.1, 0.15) is 17.7 Å². The van der Waals surface area contributed by atoms with Crippen molar-refractivity contribution < 1.29 is 4.42 Å². The Morgan fingerprint density at radius 1 is 0.750 bits per heavy atom. The SMILES string of the molecule is Clc1nc(-c2cccc(-c3ccccc3)c2)nc(-c2cccc3oc4c(c23)C=C[C+]=C4)n1. The van der Waals surface area contributed by atoms with Gasteiger partial charge in [0.05, 0.1) is 11.5 Å². The summed E-state index contributed by atoms with van der Waals surface area (Å²) in [6, 6.07) is 24.1. The lowest BCUT2D eigenvalue weighted by atomic mass is 10.0. The van der Waals surface area contributed by atoms with E-state index in [9.17, 15) is 0 Å². The van der Waals surface area contributed by atoms with E-state index in [1.807, 2.05) is 66.8 Å². The molecule has 5 aromatic rings. The van der Waals surface area contributed by atoms with Crippen molar-refractivity contribution in [3.05, 3.63) is 102 Å². The predicted octanol–water partition coefficient (Wildman–Crippen LogP) is 7.12. The maximum Gasteiger partial charge on any atom is 0.250 e. The van der Waals surface area contributed by atoms with Gasteiger partial charge < -0.3 is 4.42 Å². The molecule has 0 saturated carbocycles. The first-order valence-corrected chi connectivity index (χ1v) is 10.5. The second-order valence-corrected chi connectivity index (χ2v) is 7.74. The first-order chi connectivity index (χ1) is 15.8. The Labute approximate surface area is 189 Å². The summed E-state index contributed by atoms with van der Waals surface area (Å²) >= 11 is 6.36. The molecule has 2 heterocycles. The molecule has 0 unspecified atom stereocenters. The van der Waals surface area contributed by atoms with Crippen LogP contribution in [0.1, 0.15) is 11.3 Å². The van der Waals surface area contributed by atoms with E-state index < -0.39 is 0 Å². The van der Waals surface area contributed by atoms with Gasteiger partial charge in [0.25, 0.3) is 0 Å². The molecule has 6 rings (SSSR count).